The van der Waals surface area contributed by atoms with Gasteiger partial charge in [-0.15, -0.1) is 0 Å². The highest BCUT2D eigenvalue weighted by Gasteiger charge is 2.56. The standard InChI is InChI=1S/C24H27Cl2N5O4/c1-24(2)34-19-14(18(32)12-5-6-15(25)16(26)9-12)10-17(20(19)35-24)31-8-7-13-21(27-11-28-22(13)31)29-23(33)30(3)4/h5-9,11,14,17-20,32H,10H2,1-4H3,(H,27,28,29,33)/t14-,17-,18-,19-,20+/m1/s1. The van der Waals surface area contributed by atoms with Crippen molar-refractivity contribution >= 4 is 46.1 Å². The molecule has 2 aromatic heterocycles. The van der Waals surface area contributed by atoms with Crippen LogP contribution in [0.25, 0.3) is 11.0 Å². The minimum absolute atomic E-state index is 0.158. The first-order chi connectivity index (χ1) is 16.6. The molecule has 1 saturated carbocycles. The zero-order valence-electron chi connectivity index (χ0n) is 19.8. The average Bonchev–Trinajstić information content (AvgIpc) is 3.46. The molecule has 0 bridgehead atoms. The van der Waals surface area contributed by atoms with Gasteiger partial charge in [-0.25, -0.2) is 14.8 Å². The first-order valence-electron chi connectivity index (χ1n) is 11.3. The number of ether oxygens (including phenoxy) is 2. The van der Waals surface area contributed by atoms with Crippen LogP contribution in [0.2, 0.25) is 10.0 Å². The van der Waals surface area contributed by atoms with E-state index in [0.717, 1.165) is 0 Å². The molecule has 35 heavy (non-hydrogen) atoms. The summed E-state index contributed by atoms with van der Waals surface area (Å²) in [4.78, 5) is 22.4. The maximum absolute atomic E-state index is 12.2. The lowest BCUT2D eigenvalue weighted by molar-refractivity contribution is -0.165. The minimum atomic E-state index is -0.828. The summed E-state index contributed by atoms with van der Waals surface area (Å²) in [5.41, 5.74) is 1.33. The van der Waals surface area contributed by atoms with E-state index in [9.17, 15) is 9.90 Å². The number of amides is 2. The molecule has 2 fully saturated rings. The van der Waals surface area contributed by atoms with Crippen LogP contribution in [0.4, 0.5) is 10.6 Å². The van der Waals surface area contributed by atoms with E-state index >= 15 is 0 Å². The van der Waals surface area contributed by atoms with E-state index in [2.05, 4.69) is 15.3 Å². The van der Waals surface area contributed by atoms with Gasteiger partial charge in [-0.05, 0) is 44.0 Å². The number of nitrogens with zero attached hydrogens (tertiary/aromatic N) is 4. The van der Waals surface area contributed by atoms with Crippen LogP contribution in [-0.2, 0) is 9.47 Å². The first kappa shape index (κ1) is 24.3. The zero-order chi connectivity index (χ0) is 25.1. The van der Waals surface area contributed by atoms with Crippen molar-refractivity contribution in [3.05, 3.63) is 52.4 Å². The Morgan fingerprint density at radius 2 is 1.94 bits per heavy atom. The van der Waals surface area contributed by atoms with Gasteiger partial charge in [-0.2, -0.15) is 0 Å². The molecule has 2 amide bonds. The largest absolute Gasteiger partial charge is 0.388 e. The number of aromatic nitrogens is 3. The minimum Gasteiger partial charge on any atom is -0.388 e. The van der Waals surface area contributed by atoms with Crippen molar-refractivity contribution in [2.45, 2.75) is 50.4 Å². The molecule has 3 heterocycles. The number of fused-ring (bicyclic) bond motifs is 2. The number of rotatable bonds is 4. The lowest BCUT2D eigenvalue weighted by Crippen LogP contribution is -2.29. The SMILES string of the molecule is CN(C)C(=O)Nc1ncnc2c1ccn2[C@@H]1C[C@H]([C@H](O)c2ccc(Cl)c(Cl)c2)[C@H]2OC(C)(C)O[C@H]21. The smallest absolute Gasteiger partial charge is 0.322 e. The molecule has 1 aliphatic heterocycles. The number of anilines is 1. The molecule has 0 radical (unpaired) electrons. The number of aliphatic hydroxyl groups is 1. The number of benzene rings is 1. The van der Waals surface area contributed by atoms with Crippen molar-refractivity contribution in [1.29, 1.82) is 0 Å². The van der Waals surface area contributed by atoms with E-state index in [1.54, 1.807) is 32.3 Å². The first-order valence-corrected chi connectivity index (χ1v) is 12.1. The second-order valence-corrected chi connectivity index (χ2v) is 10.5. The third-order valence-electron chi connectivity index (χ3n) is 6.67. The van der Waals surface area contributed by atoms with Gasteiger partial charge in [0.25, 0.3) is 0 Å². The van der Waals surface area contributed by atoms with Crippen LogP contribution in [0.3, 0.4) is 0 Å². The Labute approximate surface area is 212 Å². The Bertz CT molecular complexity index is 1280. The number of hydrogen-bond donors (Lipinski definition) is 2. The van der Waals surface area contributed by atoms with Crippen molar-refractivity contribution < 1.29 is 19.4 Å². The van der Waals surface area contributed by atoms with Crippen LogP contribution >= 0.6 is 23.2 Å². The van der Waals surface area contributed by atoms with Crippen LogP contribution in [-0.4, -0.2) is 62.7 Å². The topological polar surface area (TPSA) is 102 Å². The third-order valence-corrected chi connectivity index (χ3v) is 7.41. The van der Waals surface area contributed by atoms with Gasteiger partial charge in [0, 0.05) is 26.2 Å². The van der Waals surface area contributed by atoms with E-state index in [1.165, 1.54) is 11.2 Å². The Morgan fingerprint density at radius 1 is 1.20 bits per heavy atom. The molecule has 1 saturated heterocycles. The van der Waals surface area contributed by atoms with Crippen LogP contribution in [0.1, 0.15) is 38.0 Å². The van der Waals surface area contributed by atoms with Gasteiger partial charge in [0.05, 0.1) is 33.7 Å². The lowest BCUT2D eigenvalue weighted by atomic mass is 9.92. The summed E-state index contributed by atoms with van der Waals surface area (Å²) < 4.78 is 14.6. The van der Waals surface area contributed by atoms with E-state index in [0.29, 0.717) is 38.9 Å². The molecule has 0 spiro atoms. The summed E-state index contributed by atoms with van der Waals surface area (Å²) in [6.07, 6.45) is 2.44. The number of urea groups is 1. The summed E-state index contributed by atoms with van der Waals surface area (Å²) >= 11 is 12.3. The summed E-state index contributed by atoms with van der Waals surface area (Å²) in [5, 5.41) is 15.7. The van der Waals surface area contributed by atoms with E-state index in [4.69, 9.17) is 32.7 Å². The predicted molar refractivity (Wildman–Crippen MR) is 133 cm³/mol. The quantitative estimate of drug-likeness (QED) is 0.520. The van der Waals surface area contributed by atoms with Gasteiger partial charge in [0.1, 0.15) is 23.9 Å². The number of carbonyl (C=O) groups excluding carboxylic acids is 1. The van der Waals surface area contributed by atoms with Gasteiger partial charge >= 0.3 is 6.03 Å². The number of hydrogen-bond acceptors (Lipinski definition) is 6. The van der Waals surface area contributed by atoms with Gasteiger partial charge < -0.3 is 24.0 Å². The summed E-state index contributed by atoms with van der Waals surface area (Å²) in [7, 11) is 3.33. The number of carbonyl (C=O) groups is 1. The number of halogens is 2. The number of nitrogens with one attached hydrogen (secondary N) is 1. The maximum Gasteiger partial charge on any atom is 0.322 e. The maximum atomic E-state index is 12.2. The lowest BCUT2D eigenvalue weighted by Gasteiger charge is -2.27. The summed E-state index contributed by atoms with van der Waals surface area (Å²) in [6.45, 7) is 3.74. The van der Waals surface area contributed by atoms with E-state index in [-0.39, 0.29) is 30.2 Å². The fourth-order valence-electron chi connectivity index (χ4n) is 5.07. The average molecular weight is 520 g/mol. The van der Waals surface area contributed by atoms with E-state index in [1.807, 2.05) is 30.7 Å². The monoisotopic (exact) mass is 519 g/mol. The van der Waals surface area contributed by atoms with E-state index < -0.39 is 11.9 Å². The molecule has 2 aliphatic rings. The molecule has 0 unspecified atom stereocenters. The highest BCUT2D eigenvalue weighted by Crippen LogP contribution is 2.51. The Hall–Kier alpha value is -2.43. The molecular weight excluding hydrogens is 493 g/mol. The second kappa shape index (κ2) is 8.90. The van der Waals surface area contributed by atoms with Gasteiger partial charge in [0.15, 0.2) is 5.79 Å². The van der Waals surface area contributed by atoms with Crippen molar-refractivity contribution in [3.8, 4) is 0 Å². The number of aliphatic hydroxyl groups excluding tert-OH is 1. The van der Waals surface area contributed by atoms with Crippen molar-refractivity contribution in [1.82, 2.24) is 19.4 Å². The Morgan fingerprint density at radius 3 is 2.66 bits per heavy atom. The normalized spacial score (nSPS) is 26.0. The van der Waals surface area contributed by atoms with Crippen LogP contribution < -0.4 is 5.32 Å². The molecule has 1 aromatic carbocycles. The Kier molecular flexibility index (Phi) is 6.17. The van der Waals surface area contributed by atoms with Crippen LogP contribution in [0.15, 0.2) is 36.8 Å². The predicted octanol–water partition coefficient (Wildman–Crippen LogP) is 4.65. The zero-order valence-corrected chi connectivity index (χ0v) is 21.3. The summed E-state index contributed by atoms with van der Waals surface area (Å²) in [6, 6.07) is 6.59. The van der Waals surface area contributed by atoms with Gasteiger partial charge in [-0.1, -0.05) is 29.3 Å². The summed E-state index contributed by atoms with van der Waals surface area (Å²) in [5.74, 6) is -0.624. The fourth-order valence-corrected chi connectivity index (χ4v) is 5.37. The van der Waals surface area contributed by atoms with Crippen LogP contribution in [0.5, 0.6) is 0 Å². The van der Waals surface area contributed by atoms with Gasteiger partial charge in [-0.3, -0.25) is 5.32 Å². The molecule has 5 rings (SSSR count). The van der Waals surface area contributed by atoms with Gasteiger partial charge in [0.2, 0.25) is 0 Å². The highest BCUT2D eigenvalue weighted by molar-refractivity contribution is 6.42. The fraction of sp³-hybridized carbons (Fsp3) is 0.458. The molecule has 186 valence electrons. The Balaban J connectivity index is 1.50. The molecule has 2 N–H and O–H groups in total. The second-order valence-electron chi connectivity index (χ2n) is 9.66. The molecule has 9 nitrogen and oxygen atoms in total. The molecule has 1 aliphatic carbocycles. The van der Waals surface area contributed by atoms with Crippen molar-refractivity contribution in [3.63, 3.8) is 0 Å². The molecule has 3 aromatic rings. The van der Waals surface area contributed by atoms with Crippen molar-refractivity contribution in [2.24, 2.45) is 5.92 Å². The molecule has 11 heteroatoms. The third kappa shape index (κ3) is 4.36. The highest BCUT2D eigenvalue weighted by atomic mass is 35.5. The van der Waals surface area contributed by atoms with Crippen LogP contribution in [0, 0.1) is 5.92 Å². The molecule has 5 atom stereocenters. The molecular formula is C24H27Cl2N5O4. The van der Waals surface area contributed by atoms with Crippen molar-refractivity contribution in [2.75, 3.05) is 19.4 Å².